The highest BCUT2D eigenvalue weighted by molar-refractivity contribution is 6.34. The van der Waals surface area contributed by atoms with Crippen LogP contribution in [0.15, 0.2) is 18.2 Å². The Morgan fingerprint density at radius 3 is 2.72 bits per heavy atom. The summed E-state index contributed by atoms with van der Waals surface area (Å²) < 4.78 is 0. The average Bonchev–Trinajstić information content (AvgIpc) is 2.33. The lowest BCUT2D eigenvalue weighted by Gasteiger charge is -2.25. The van der Waals surface area contributed by atoms with Gasteiger partial charge in [-0.2, -0.15) is 0 Å². The first-order chi connectivity index (χ1) is 8.65. The van der Waals surface area contributed by atoms with E-state index < -0.39 is 0 Å². The van der Waals surface area contributed by atoms with Crippen LogP contribution >= 0.6 is 11.6 Å². The molecule has 1 saturated heterocycles. The molecular weight excluding hydrogens is 250 g/mol. The highest BCUT2D eigenvalue weighted by Crippen LogP contribution is 2.26. The molecule has 5 heteroatoms. The van der Waals surface area contributed by atoms with Crippen molar-refractivity contribution in [3.05, 3.63) is 23.2 Å². The highest BCUT2D eigenvalue weighted by Gasteiger charge is 2.13. The van der Waals surface area contributed by atoms with Crippen molar-refractivity contribution < 1.29 is 4.79 Å². The van der Waals surface area contributed by atoms with Gasteiger partial charge in [0.05, 0.1) is 10.7 Å². The van der Waals surface area contributed by atoms with Crippen LogP contribution in [0.4, 0.5) is 11.4 Å². The van der Waals surface area contributed by atoms with E-state index in [1.54, 1.807) is 0 Å². The summed E-state index contributed by atoms with van der Waals surface area (Å²) in [5, 5.41) is 10.0. The monoisotopic (exact) mass is 267 g/mol. The van der Waals surface area contributed by atoms with Gasteiger partial charge in [0.15, 0.2) is 0 Å². The molecular formula is C13H18ClN3O. The third kappa shape index (κ3) is 3.62. The normalized spacial score (nSPS) is 16.3. The number of nitrogens with one attached hydrogen (secondary N) is 3. The molecule has 0 spiro atoms. The molecule has 1 heterocycles. The minimum atomic E-state index is -0.115. The number of hydrogen-bond acceptors (Lipinski definition) is 3. The summed E-state index contributed by atoms with van der Waals surface area (Å²) >= 11 is 6.12. The van der Waals surface area contributed by atoms with E-state index in [1.165, 1.54) is 6.92 Å². The number of amides is 1. The average molecular weight is 268 g/mol. The SMILES string of the molecule is CC(=O)Nc1ccc(NC2CCNCC2)cc1Cl. The summed E-state index contributed by atoms with van der Waals surface area (Å²) in [5.74, 6) is -0.115. The van der Waals surface area contributed by atoms with Crippen LogP contribution in [0.25, 0.3) is 0 Å². The summed E-state index contributed by atoms with van der Waals surface area (Å²) in [6.07, 6.45) is 2.23. The Bertz CT molecular complexity index is 430. The van der Waals surface area contributed by atoms with Crippen LogP contribution < -0.4 is 16.0 Å². The first-order valence-electron chi connectivity index (χ1n) is 6.19. The third-order valence-corrected chi connectivity index (χ3v) is 3.30. The standard InChI is InChI=1S/C13H18ClN3O/c1-9(18)16-13-3-2-11(8-12(13)14)17-10-4-6-15-7-5-10/h2-3,8,10,15,17H,4-7H2,1H3,(H,16,18). The third-order valence-electron chi connectivity index (χ3n) is 2.99. The van der Waals surface area contributed by atoms with Crippen molar-refractivity contribution in [2.75, 3.05) is 23.7 Å². The van der Waals surface area contributed by atoms with Crippen molar-refractivity contribution in [2.45, 2.75) is 25.8 Å². The Morgan fingerprint density at radius 2 is 2.11 bits per heavy atom. The van der Waals surface area contributed by atoms with Gasteiger partial charge in [-0.1, -0.05) is 11.6 Å². The lowest BCUT2D eigenvalue weighted by Crippen LogP contribution is -2.35. The molecule has 0 aliphatic carbocycles. The fourth-order valence-electron chi connectivity index (χ4n) is 2.10. The Kier molecular flexibility index (Phi) is 4.44. The molecule has 0 aromatic heterocycles. The van der Waals surface area contributed by atoms with Gasteiger partial charge in [0, 0.05) is 18.7 Å². The lowest BCUT2D eigenvalue weighted by atomic mass is 10.1. The van der Waals surface area contributed by atoms with Crippen LogP contribution in [-0.2, 0) is 4.79 Å². The number of carbonyl (C=O) groups excluding carboxylic acids is 1. The van der Waals surface area contributed by atoms with E-state index in [-0.39, 0.29) is 5.91 Å². The van der Waals surface area contributed by atoms with Crippen LogP contribution in [0.5, 0.6) is 0 Å². The number of rotatable bonds is 3. The highest BCUT2D eigenvalue weighted by atomic mass is 35.5. The quantitative estimate of drug-likeness (QED) is 0.789. The molecule has 18 heavy (non-hydrogen) atoms. The largest absolute Gasteiger partial charge is 0.382 e. The maximum absolute atomic E-state index is 11.0. The van der Waals surface area contributed by atoms with Crippen molar-refractivity contribution in [1.29, 1.82) is 0 Å². The predicted octanol–water partition coefficient (Wildman–Crippen LogP) is 2.46. The maximum atomic E-state index is 11.0. The summed E-state index contributed by atoms with van der Waals surface area (Å²) in [6, 6.07) is 6.12. The van der Waals surface area contributed by atoms with Gasteiger partial charge in [-0.25, -0.2) is 0 Å². The molecule has 0 unspecified atom stereocenters. The van der Waals surface area contributed by atoms with Gasteiger partial charge >= 0.3 is 0 Å². The molecule has 1 aliphatic rings. The lowest BCUT2D eigenvalue weighted by molar-refractivity contribution is -0.114. The zero-order valence-corrected chi connectivity index (χ0v) is 11.2. The second-order valence-corrected chi connectivity index (χ2v) is 4.95. The molecule has 1 aromatic rings. The fourth-order valence-corrected chi connectivity index (χ4v) is 2.33. The molecule has 0 saturated carbocycles. The Hall–Kier alpha value is -1.26. The number of hydrogen-bond donors (Lipinski definition) is 3. The van der Waals surface area contributed by atoms with E-state index in [2.05, 4.69) is 16.0 Å². The van der Waals surface area contributed by atoms with Gasteiger partial charge in [0.2, 0.25) is 5.91 Å². The summed E-state index contributed by atoms with van der Waals surface area (Å²) in [7, 11) is 0. The van der Waals surface area contributed by atoms with E-state index in [1.807, 2.05) is 18.2 Å². The van der Waals surface area contributed by atoms with Gasteiger partial charge in [-0.05, 0) is 44.1 Å². The summed E-state index contributed by atoms with van der Waals surface area (Å²) in [6.45, 7) is 3.57. The van der Waals surface area contributed by atoms with Crippen LogP contribution in [0, 0.1) is 0 Å². The van der Waals surface area contributed by atoms with Crippen LogP contribution in [0.2, 0.25) is 5.02 Å². The van der Waals surface area contributed by atoms with Crippen molar-refractivity contribution in [1.82, 2.24) is 5.32 Å². The molecule has 1 amide bonds. The van der Waals surface area contributed by atoms with E-state index in [4.69, 9.17) is 11.6 Å². The number of halogens is 1. The number of benzene rings is 1. The first kappa shape index (κ1) is 13.2. The van der Waals surface area contributed by atoms with Gasteiger partial charge in [0.25, 0.3) is 0 Å². The number of piperidine rings is 1. The Balaban J connectivity index is 2.01. The Morgan fingerprint density at radius 1 is 1.39 bits per heavy atom. The molecule has 98 valence electrons. The van der Waals surface area contributed by atoms with Gasteiger partial charge < -0.3 is 16.0 Å². The zero-order chi connectivity index (χ0) is 13.0. The van der Waals surface area contributed by atoms with E-state index in [0.717, 1.165) is 31.6 Å². The van der Waals surface area contributed by atoms with Gasteiger partial charge in [0.1, 0.15) is 0 Å². The van der Waals surface area contributed by atoms with Crippen molar-refractivity contribution in [2.24, 2.45) is 0 Å². The van der Waals surface area contributed by atoms with Crippen molar-refractivity contribution in [3.63, 3.8) is 0 Å². The maximum Gasteiger partial charge on any atom is 0.221 e. The van der Waals surface area contributed by atoms with E-state index >= 15 is 0 Å². The number of carbonyl (C=O) groups is 1. The number of anilines is 2. The molecule has 0 atom stereocenters. The first-order valence-corrected chi connectivity index (χ1v) is 6.57. The van der Waals surface area contributed by atoms with Crippen LogP contribution in [0.1, 0.15) is 19.8 Å². The second kappa shape index (κ2) is 6.07. The smallest absolute Gasteiger partial charge is 0.221 e. The van der Waals surface area contributed by atoms with Gasteiger partial charge in [-0.15, -0.1) is 0 Å². The summed E-state index contributed by atoms with van der Waals surface area (Å²) in [5.41, 5.74) is 1.65. The second-order valence-electron chi connectivity index (χ2n) is 4.54. The van der Waals surface area contributed by atoms with Crippen molar-refractivity contribution in [3.8, 4) is 0 Å². The van der Waals surface area contributed by atoms with Crippen LogP contribution in [0.3, 0.4) is 0 Å². The molecule has 1 aromatic carbocycles. The molecule has 4 nitrogen and oxygen atoms in total. The molecule has 0 bridgehead atoms. The molecule has 3 N–H and O–H groups in total. The fraction of sp³-hybridized carbons (Fsp3) is 0.462. The Labute approximate surface area is 112 Å². The predicted molar refractivity (Wildman–Crippen MR) is 75.3 cm³/mol. The minimum absolute atomic E-state index is 0.115. The summed E-state index contributed by atoms with van der Waals surface area (Å²) in [4.78, 5) is 11.0. The van der Waals surface area contributed by atoms with Crippen LogP contribution in [-0.4, -0.2) is 25.0 Å². The van der Waals surface area contributed by atoms with E-state index in [0.29, 0.717) is 16.8 Å². The molecule has 1 fully saturated rings. The van der Waals surface area contributed by atoms with Gasteiger partial charge in [-0.3, -0.25) is 4.79 Å². The molecule has 2 rings (SSSR count). The van der Waals surface area contributed by atoms with Crippen molar-refractivity contribution >= 4 is 28.9 Å². The topological polar surface area (TPSA) is 53.2 Å². The van der Waals surface area contributed by atoms with E-state index in [9.17, 15) is 4.79 Å². The molecule has 0 radical (unpaired) electrons. The molecule has 1 aliphatic heterocycles. The zero-order valence-electron chi connectivity index (χ0n) is 10.4. The minimum Gasteiger partial charge on any atom is -0.382 e.